The smallest absolute Gasteiger partial charge is 0.170 e. The van der Waals surface area contributed by atoms with Crippen molar-refractivity contribution in [2.24, 2.45) is 5.92 Å². The van der Waals surface area contributed by atoms with Gasteiger partial charge in [0.15, 0.2) is 5.78 Å². The number of carbonyl (C=O) groups is 1. The van der Waals surface area contributed by atoms with Gasteiger partial charge >= 0.3 is 0 Å². The number of rotatable bonds is 0. The highest BCUT2D eigenvalue weighted by Gasteiger charge is 2.37. The quantitative estimate of drug-likeness (QED) is 0.720. The molecule has 16 heavy (non-hydrogen) atoms. The van der Waals surface area contributed by atoms with Crippen molar-refractivity contribution in [3.63, 3.8) is 0 Å². The zero-order valence-electron chi connectivity index (χ0n) is 10.8. The summed E-state index contributed by atoms with van der Waals surface area (Å²) in [6.07, 6.45) is 0. The van der Waals surface area contributed by atoms with Crippen LogP contribution in [0, 0.1) is 5.92 Å². The van der Waals surface area contributed by atoms with Crippen molar-refractivity contribution in [3.8, 4) is 0 Å². The van der Waals surface area contributed by atoms with Gasteiger partial charge in [-0.1, -0.05) is 32.9 Å². The average Bonchev–Trinajstić information content (AvgIpc) is 2.29. The van der Waals surface area contributed by atoms with E-state index in [0.717, 1.165) is 11.3 Å². The topological polar surface area (TPSA) is 29.1 Å². The molecule has 0 saturated carbocycles. The lowest BCUT2D eigenvalue weighted by Gasteiger charge is -2.38. The molecule has 0 aromatic heterocycles. The summed E-state index contributed by atoms with van der Waals surface area (Å²) in [6.45, 7) is 10.1. The maximum Gasteiger partial charge on any atom is 0.170 e. The van der Waals surface area contributed by atoms with E-state index in [1.54, 1.807) is 0 Å². The van der Waals surface area contributed by atoms with Gasteiger partial charge in [-0.2, -0.15) is 0 Å². The van der Waals surface area contributed by atoms with Crippen LogP contribution in [0.1, 0.15) is 45.0 Å². The molecule has 1 aromatic rings. The average molecular weight is 219 g/mol. The van der Waals surface area contributed by atoms with Gasteiger partial charge in [-0.05, 0) is 26.0 Å². The van der Waals surface area contributed by atoms with E-state index in [-0.39, 0.29) is 17.2 Å². The van der Waals surface area contributed by atoms with Gasteiger partial charge in [0.05, 0.1) is 0 Å². The number of hydrogen-bond acceptors (Lipinski definition) is 2. The zero-order chi connectivity index (χ0) is 12.3. The second-order valence-corrected chi connectivity index (χ2v) is 4.48. The lowest BCUT2D eigenvalue weighted by molar-refractivity contribution is 0.0883. The molecule has 0 radical (unpaired) electrons. The molecule has 1 unspecified atom stereocenters. The van der Waals surface area contributed by atoms with Gasteiger partial charge in [0.1, 0.15) is 0 Å². The number of para-hydroxylation sites is 1. The first-order valence-corrected chi connectivity index (χ1v) is 5.94. The number of nitrogens with one attached hydrogen (secondary N) is 1. The minimum Gasteiger partial charge on any atom is -0.379 e. The van der Waals surface area contributed by atoms with E-state index < -0.39 is 0 Å². The summed E-state index contributed by atoms with van der Waals surface area (Å²) in [5.74, 6) is 0.266. The SMILES string of the molecule is CC.CC1C(=O)c2ccccc2NC1(C)C. The predicted octanol–water partition coefficient (Wildman–Crippen LogP) is 3.74. The number of carbonyl (C=O) groups excluding carboxylic acids is 1. The van der Waals surface area contributed by atoms with Crippen molar-refractivity contribution in [3.05, 3.63) is 29.8 Å². The molecular formula is C14H21NO. The molecule has 1 aliphatic rings. The van der Waals surface area contributed by atoms with Gasteiger partial charge < -0.3 is 5.32 Å². The summed E-state index contributed by atoms with van der Waals surface area (Å²) in [5.41, 5.74) is 1.63. The minimum absolute atomic E-state index is 0.0254. The van der Waals surface area contributed by atoms with Crippen LogP contribution in [0.15, 0.2) is 24.3 Å². The fraction of sp³-hybridized carbons (Fsp3) is 0.500. The van der Waals surface area contributed by atoms with Gasteiger partial charge in [-0.3, -0.25) is 4.79 Å². The molecule has 1 aliphatic heterocycles. The van der Waals surface area contributed by atoms with E-state index in [2.05, 4.69) is 19.2 Å². The van der Waals surface area contributed by atoms with Gasteiger partial charge in [0.2, 0.25) is 0 Å². The first kappa shape index (κ1) is 12.8. The van der Waals surface area contributed by atoms with Crippen LogP contribution >= 0.6 is 0 Å². The summed E-state index contributed by atoms with van der Waals surface area (Å²) in [7, 11) is 0. The molecule has 0 fully saturated rings. The Morgan fingerprint density at radius 3 is 2.38 bits per heavy atom. The molecular weight excluding hydrogens is 198 g/mol. The van der Waals surface area contributed by atoms with Gasteiger partial charge in [-0.25, -0.2) is 0 Å². The molecule has 88 valence electrons. The summed E-state index contributed by atoms with van der Waals surface area (Å²) < 4.78 is 0. The molecule has 0 spiro atoms. The number of ketones is 1. The van der Waals surface area contributed by atoms with Crippen LogP contribution in [0.4, 0.5) is 5.69 Å². The van der Waals surface area contributed by atoms with Gasteiger partial charge in [0, 0.05) is 22.7 Å². The summed E-state index contributed by atoms with van der Waals surface area (Å²) >= 11 is 0. The van der Waals surface area contributed by atoms with E-state index in [0.29, 0.717) is 0 Å². The van der Waals surface area contributed by atoms with E-state index in [4.69, 9.17) is 0 Å². The molecule has 0 bridgehead atoms. The molecule has 2 heteroatoms. The summed E-state index contributed by atoms with van der Waals surface area (Å²) in [4.78, 5) is 12.0. The van der Waals surface area contributed by atoms with Crippen molar-refractivity contribution >= 4 is 11.5 Å². The van der Waals surface area contributed by atoms with Crippen molar-refractivity contribution in [2.75, 3.05) is 5.32 Å². The fourth-order valence-corrected chi connectivity index (χ4v) is 1.82. The van der Waals surface area contributed by atoms with Crippen LogP contribution in [0.25, 0.3) is 0 Å². The lowest BCUT2D eigenvalue weighted by atomic mass is 9.79. The Morgan fingerprint density at radius 2 is 1.75 bits per heavy atom. The largest absolute Gasteiger partial charge is 0.379 e. The molecule has 1 heterocycles. The second-order valence-electron chi connectivity index (χ2n) is 4.48. The summed E-state index contributed by atoms with van der Waals surface area (Å²) in [6, 6.07) is 7.70. The highest BCUT2D eigenvalue weighted by atomic mass is 16.1. The second kappa shape index (κ2) is 4.69. The van der Waals surface area contributed by atoms with Crippen LogP contribution < -0.4 is 5.32 Å². The van der Waals surface area contributed by atoms with Crippen LogP contribution in [0.5, 0.6) is 0 Å². The number of fused-ring (bicyclic) bond motifs is 1. The molecule has 1 N–H and O–H groups in total. The van der Waals surface area contributed by atoms with Crippen LogP contribution in [-0.4, -0.2) is 11.3 Å². The normalized spacial score (nSPS) is 21.3. The van der Waals surface area contributed by atoms with E-state index in [1.165, 1.54) is 0 Å². The van der Waals surface area contributed by atoms with Crippen molar-refractivity contribution in [2.45, 2.75) is 40.2 Å². The van der Waals surface area contributed by atoms with Gasteiger partial charge in [0.25, 0.3) is 0 Å². The molecule has 2 nitrogen and oxygen atoms in total. The molecule has 0 saturated heterocycles. The Balaban J connectivity index is 0.000000606. The first-order chi connectivity index (χ1) is 7.52. The number of anilines is 1. The number of hydrogen-bond donors (Lipinski definition) is 1. The van der Waals surface area contributed by atoms with E-state index in [1.807, 2.05) is 45.0 Å². The van der Waals surface area contributed by atoms with Crippen molar-refractivity contribution < 1.29 is 4.79 Å². The summed E-state index contributed by atoms with van der Waals surface area (Å²) in [5, 5.41) is 3.40. The lowest BCUT2D eigenvalue weighted by Crippen LogP contribution is -2.46. The Hall–Kier alpha value is -1.31. The third kappa shape index (κ3) is 2.11. The number of Topliss-reactive ketones (excluding diaryl/α,β-unsaturated/α-hetero) is 1. The Morgan fingerprint density at radius 1 is 1.19 bits per heavy atom. The van der Waals surface area contributed by atoms with Crippen LogP contribution in [-0.2, 0) is 0 Å². The highest BCUT2D eigenvalue weighted by Crippen LogP contribution is 2.33. The van der Waals surface area contributed by atoms with Crippen LogP contribution in [0.3, 0.4) is 0 Å². The van der Waals surface area contributed by atoms with E-state index in [9.17, 15) is 4.79 Å². The maximum atomic E-state index is 12.0. The van der Waals surface area contributed by atoms with Crippen LogP contribution in [0.2, 0.25) is 0 Å². The zero-order valence-corrected chi connectivity index (χ0v) is 10.8. The molecule has 1 aromatic carbocycles. The Bertz CT molecular complexity index is 382. The maximum absolute atomic E-state index is 12.0. The minimum atomic E-state index is -0.147. The monoisotopic (exact) mass is 219 g/mol. The predicted molar refractivity (Wildman–Crippen MR) is 69.0 cm³/mol. The molecule has 1 atom stereocenters. The fourth-order valence-electron chi connectivity index (χ4n) is 1.82. The molecule has 0 amide bonds. The molecule has 0 aliphatic carbocycles. The van der Waals surface area contributed by atoms with Gasteiger partial charge in [-0.15, -0.1) is 0 Å². The third-order valence-corrected chi connectivity index (χ3v) is 3.13. The highest BCUT2D eigenvalue weighted by molar-refractivity contribution is 6.05. The van der Waals surface area contributed by atoms with E-state index >= 15 is 0 Å². The Labute approximate surface area is 98.1 Å². The molecule has 2 rings (SSSR count). The number of benzene rings is 1. The van der Waals surface area contributed by atoms with Crippen molar-refractivity contribution in [1.29, 1.82) is 0 Å². The standard InChI is InChI=1S/C12H15NO.C2H6/c1-8-11(14)9-6-4-5-7-10(9)13-12(8,2)3;1-2/h4-8,13H,1-3H3;1-2H3. The van der Waals surface area contributed by atoms with Crippen molar-refractivity contribution in [1.82, 2.24) is 0 Å². The first-order valence-electron chi connectivity index (χ1n) is 5.94. The third-order valence-electron chi connectivity index (χ3n) is 3.13. The Kier molecular flexibility index (Phi) is 3.74.